The summed E-state index contributed by atoms with van der Waals surface area (Å²) in [6, 6.07) is 22.7. The van der Waals surface area contributed by atoms with E-state index in [1.807, 2.05) is 72.8 Å². The Morgan fingerprint density at radius 2 is 1.33 bits per heavy atom. The summed E-state index contributed by atoms with van der Waals surface area (Å²) in [5.41, 5.74) is 3.17. The van der Waals surface area contributed by atoms with E-state index in [0.717, 1.165) is 11.1 Å². The Bertz CT molecular complexity index is 840. The number of ether oxygens (including phenoxy) is 1. The van der Waals surface area contributed by atoms with Gasteiger partial charge < -0.3 is 9.84 Å². The number of carbonyl (C=O) groups is 1. The first-order valence-electron chi connectivity index (χ1n) is 7.86. The van der Waals surface area contributed by atoms with Gasteiger partial charge in [-0.3, -0.25) is 0 Å². The van der Waals surface area contributed by atoms with Gasteiger partial charge >= 0.3 is 5.97 Å². The highest BCUT2D eigenvalue weighted by atomic mass is 16.5. The van der Waals surface area contributed by atoms with Crippen LogP contribution in [0.1, 0.15) is 17.3 Å². The van der Waals surface area contributed by atoms with E-state index in [1.54, 1.807) is 6.92 Å². The molecule has 0 fully saturated rings. The number of benzene rings is 3. The molecule has 3 nitrogen and oxygen atoms in total. The van der Waals surface area contributed by atoms with E-state index in [9.17, 15) is 9.90 Å². The highest BCUT2D eigenvalue weighted by Crippen LogP contribution is 2.38. The van der Waals surface area contributed by atoms with E-state index in [-0.39, 0.29) is 17.9 Å². The second-order valence-electron chi connectivity index (χ2n) is 5.34. The van der Waals surface area contributed by atoms with Crippen LogP contribution in [-0.2, 0) is 4.74 Å². The molecule has 0 saturated carbocycles. The van der Waals surface area contributed by atoms with Gasteiger partial charge in [-0.05, 0) is 29.7 Å². The molecule has 3 aromatic carbocycles. The fraction of sp³-hybridized carbons (Fsp3) is 0.0952. The lowest BCUT2D eigenvalue weighted by Crippen LogP contribution is -2.07. The lowest BCUT2D eigenvalue weighted by molar-refractivity contribution is 0.0524. The predicted molar refractivity (Wildman–Crippen MR) is 94.9 cm³/mol. The van der Waals surface area contributed by atoms with Gasteiger partial charge in [-0.2, -0.15) is 0 Å². The second-order valence-corrected chi connectivity index (χ2v) is 5.34. The number of rotatable bonds is 4. The summed E-state index contributed by atoms with van der Waals surface area (Å²) in [4.78, 5) is 12.5. The minimum atomic E-state index is -0.522. The molecular formula is C21H18O3. The van der Waals surface area contributed by atoms with Crippen molar-refractivity contribution >= 4 is 5.97 Å². The molecule has 0 aliphatic rings. The first-order chi connectivity index (χ1) is 11.7. The molecule has 0 heterocycles. The van der Waals surface area contributed by atoms with Crippen LogP contribution < -0.4 is 0 Å². The van der Waals surface area contributed by atoms with E-state index in [0.29, 0.717) is 11.1 Å². The summed E-state index contributed by atoms with van der Waals surface area (Å²) in [6.45, 7) is 2.00. The van der Waals surface area contributed by atoms with Crippen LogP contribution in [0.5, 0.6) is 5.75 Å². The highest BCUT2D eigenvalue weighted by Gasteiger charge is 2.22. The average Bonchev–Trinajstić information content (AvgIpc) is 2.63. The monoisotopic (exact) mass is 318 g/mol. The van der Waals surface area contributed by atoms with Gasteiger partial charge in [-0.15, -0.1) is 0 Å². The number of esters is 1. The molecule has 1 N–H and O–H groups in total. The quantitative estimate of drug-likeness (QED) is 0.696. The van der Waals surface area contributed by atoms with Crippen LogP contribution in [0.4, 0.5) is 0 Å². The number of phenols is 1. The molecule has 24 heavy (non-hydrogen) atoms. The smallest absolute Gasteiger partial charge is 0.342 e. The Hall–Kier alpha value is -3.07. The topological polar surface area (TPSA) is 46.5 Å². The van der Waals surface area contributed by atoms with Gasteiger partial charge in [-0.25, -0.2) is 4.79 Å². The molecule has 0 spiro atoms. The molecule has 3 rings (SSSR count). The van der Waals surface area contributed by atoms with Crippen molar-refractivity contribution < 1.29 is 14.6 Å². The van der Waals surface area contributed by atoms with Crippen molar-refractivity contribution in [3.63, 3.8) is 0 Å². The molecule has 0 radical (unpaired) electrons. The minimum absolute atomic E-state index is 0.0546. The predicted octanol–water partition coefficient (Wildman–Crippen LogP) is 4.90. The van der Waals surface area contributed by atoms with E-state index in [4.69, 9.17) is 4.74 Å². The van der Waals surface area contributed by atoms with Crippen LogP contribution in [0.15, 0.2) is 72.8 Å². The van der Waals surface area contributed by atoms with Crippen molar-refractivity contribution in [2.45, 2.75) is 6.92 Å². The Balaban J connectivity index is 2.21. The van der Waals surface area contributed by atoms with Crippen LogP contribution >= 0.6 is 0 Å². The SMILES string of the molecule is CCOC(=O)c1c(-c2ccccc2)ccc(-c2ccccc2)c1O. The molecule has 0 atom stereocenters. The van der Waals surface area contributed by atoms with E-state index < -0.39 is 5.97 Å². The largest absolute Gasteiger partial charge is 0.506 e. The number of carbonyl (C=O) groups excluding carboxylic acids is 1. The zero-order chi connectivity index (χ0) is 16.9. The summed E-state index contributed by atoms with van der Waals surface area (Å²) < 4.78 is 5.16. The molecule has 0 amide bonds. The number of phenolic OH excluding ortho intramolecular Hbond substituents is 1. The molecule has 3 aromatic rings. The minimum Gasteiger partial charge on any atom is -0.506 e. The Morgan fingerprint density at radius 1 is 0.833 bits per heavy atom. The maximum absolute atomic E-state index is 12.5. The van der Waals surface area contributed by atoms with Gasteiger partial charge in [0.05, 0.1) is 6.61 Å². The zero-order valence-electron chi connectivity index (χ0n) is 13.4. The third-order valence-electron chi connectivity index (χ3n) is 3.83. The van der Waals surface area contributed by atoms with Crippen molar-refractivity contribution in [3.8, 4) is 28.0 Å². The molecule has 120 valence electrons. The summed E-state index contributed by atoms with van der Waals surface area (Å²) in [6.07, 6.45) is 0. The summed E-state index contributed by atoms with van der Waals surface area (Å²) in [7, 11) is 0. The third kappa shape index (κ3) is 3.01. The first-order valence-corrected chi connectivity index (χ1v) is 7.86. The fourth-order valence-electron chi connectivity index (χ4n) is 2.71. The van der Waals surface area contributed by atoms with Gasteiger partial charge in [0.2, 0.25) is 0 Å². The zero-order valence-corrected chi connectivity index (χ0v) is 13.4. The Kier molecular flexibility index (Phi) is 4.62. The van der Waals surface area contributed by atoms with E-state index in [1.165, 1.54) is 0 Å². The number of hydrogen-bond acceptors (Lipinski definition) is 3. The molecule has 0 aromatic heterocycles. The van der Waals surface area contributed by atoms with Crippen LogP contribution in [0, 0.1) is 0 Å². The molecular weight excluding hydrogens is 300 g/mol. The lowest BCUT2D eigenvalue weighted by Gasteiger charge is -2.14. The van der Waals surface area contributed by atoms with Crippen molar-refractivity contribution in [2.75, 3.05) is 6.61 Å². The van der Waals surface area contributed by atoms with Crippen molar-refractivity contribution in [3.05, 3.63) is 78.4 Å². The van der Waals surface area contributed by atoms with Gasteiger partial charge in [-0.1, -0.05) is 66.7 Å². The molecule has 0 unspecified atom stereocenters. The summed E-state index contributed by atoms with van der Waals surface area (Å²) >= 11 is 0. The van der Waals surface area contributed by atoms with Crippen LogP contribution in [0.2, 0.25) is 0 Å². The summed E-state index contributed by atoms with van der Waals surface area (Å²) in [5, 5.41) is 10.8. The lowest BCUT2D eigenvalue weighted by atomic mass is 9.93. The molecule has 0 saturated heterocycles. The van der Waals surface area contributed by atoms with Crippen molar-refractivity contribution in [1.29, 1.82) is 0 Å². The first kappa shape index (κ1) is 15.8. The van der Waals surface area contributed by atoms with Gasteiger partial charge in [0.1, 0.15) is 11.3 Å². The number of hydrogen-bond donors (Lipinski definition) is 1. The van der Waals surface area contributed by atoms with E-state index >= 15 is 0 Å². The van der Waals surface area contributed by atoms with Gasteiger partial charge in [0.25, 0.3) is 0 Å². The van der Waals surface area contributed by atoms with Crippen LogP contribution in [-0.4, -0.2) is 17.7 Å². The van der Waals surface area contributed by atoms with Crippen LogP contribution in [0.3, 0.4) is 0 Å². The van der Waals surface area contributed by atoms with Gasteiger partial charge in [0, 0.05) is 5.56 Å². The maximum atomic E-state index is 12.5. The average molecular weight is 318 g/mol. The Labute approximate surface area is 141 Å². The Morgan fingerprint density at radius 3 is 1.88 bits per heavy atom. The molecule has 0 bridgehead atoms. The number of aromatic hydroxyl groups is 1. The second kappa shape index (κ2) is 7.01. The van der Waals surface area contributed by atoms with Crippen LogP contribution in [0.25, 0.3) is 22.3 Å². The summed E-state index contributed by atoms with van der Waals surface area (Å²) in [5.74, 6) is -0.576. The van der Waals surface area contributed by atoms with E-state index in [2.05, 4.69) is 0 Å². The van der Waals surface area contributed by atoms with Crippen molar-refractivity contribution in [2.24, 2.45) is 0 Å². The van der Waals surface area contributed by atoms with Crippen molar-refractivity contribution in [1.82, 2.24) is 0 Å². The maximum Gasteiger partial charge on any atom is 0.342 e. The molecule has 3 heteroatoms. The normalized spacial score (nSPS) is 10.4. The highest BCUT2D eigenvalue weighted by molar-refractivity contribution is 6.02. The van der Waals surface area contributed by atoms with Gasteiger partial charge in [0.15, 0.2) is 0 Å². The fourth-order valence-corrected chi connectivity index (χ4v) is 2.71. The molecule has 0 aliphatic carbocycles. The molecule has 0 aliphatic heterocycles. The standard InChI is InChI=1S/C21H18O3/c1-2-24-21(23)19-17(15-9-5-3-6-10-15)13-14-18(20(19)22)16-11-7-4-8-12-16/h3-14,22H,2H2,1H3. The third-order valence-corrected chi connectivity index (χ3v) is 3.83.